The second-order valence-electron chi connectivity index (χ2n) is 3.03. The van der Waals surface area contributed by atoms with Crippen molar-refractivity contribution < 1.29 is 9.84 Å². The fourth-order valence-corrected chi connectivity index (χ4v) is 1.43. The quantitative estimate of drug-likeness (QED) is 0.697. The average Bonchev–Trinajstić information content (AvgIpc) is 2.19. The Kier molecular flexibility index (Phi) is 2.36. The van der Waals surface area contributed by atoms with Gasteiger partial charge in [0, 0.05) is 30.9 Å². The molecule has 0 aromatic heterocycles. The second kappa shape index (κ2) is 3.66. The molecule has 1 aromatic rings. The number of hydrogen-bond acceptors (Lipinski definition) is 3. The van der Waals surface area contributed by atoms with E-state index in [1.807, 2.05) is 0 Å². The summed E-state index contributed by atoms with van der Waals surface area (Å²) < 4.78 is 5.23. The first-order valence-corrected chi connectivity index (χ1v) is 4.40. The highest BCUT2D eigenvalue weighted by Gasteiger charge is 2.10. The largest absolute Gasteiger partial charge is 0.508 e. The van der Waals surface area contributed by atoms with Crippen LogP contribution in [0.4, 0.5) is 5.69 Å². The van der Waals surface area contributed by atoms with Crippen molar-refractivity contribution in [2.45, 2.75) is 0 Å². The summed E-state index contributed by atoms with van der Waals surface area (Å²) in [5.41, 5.74) is 0.948. The summed E-state index contributed by atoms with van der Waals surface area (Å²) in [5, 5.41) is 9.27. The van der Waals surface area contributed by atoms with Crippen LogP contribution in [0.15, 0.2) is 18.2 Å². The topological polar surface area (TPSA) is 32.7 Å². The molecule has 0 unspecified atom stereocenters. The van der Waals surface area contributed by atoms with Gasteiger partial charge in [0.25, 0.3) is 0 Å². The van der Waals surface area contributed by atoms with Crippen LogP contribution in [0.3, 0.4) is 0 Å². The minimum absolute atomic E-state index is 0.292. The lowest BCUT2D eigenvalue weighted by molar-refractivity contribution is 0.122. The third kappa shape index (κ3) is 1.92. The molecule has 0 spiro atoms. The number of hydrogen-bond donors (Lipinski definition) is 1. The first-order chi connectivity index (χ1) is 6.36. The number of anilines is 1. The zero-order chi connectivity index (χ0) is 9.10. The molecule has 0 atom stereocenters. The van der Waals surface area contributed by atoms with Gasteiger partial charge in [-0.25, -0.2) is 0 Å². The molecule has 1 heterocycles. The Hall–Kier alpha value is -1.22. The first-order valence-electron chi connectivity index (χ1n) is 4.40. The maximum atomic E-state index is 9.27. The molecule has 3 nitrogen and oxygen atoms in total. The summed E-state index contributed by atoms with van der Waals surface area (Å²) in [6.07, 6.45) is 0. The Balaban J connectivity index is 2.14. The highest BCUT2D eigenvalue weighted by atomic mass is 16.5. The fourth-order valence-electron chi connectivity index (χ4n) is 1.43. The van der Waals surface area contributed by atoms with Crippen molar-refractivity contribution in [2.75, 3.05) is 31.2 Å². The van der Waals surface area contributed by atoms with E-state index in [-0.39, 0.29) is 0 Å². The molecule has 1 aromatic carbocycles. The molecule has 1 aliphatic rings. The van der Waals surface area contributed by atoms with Gasteiger partial charge in [-0.15, -0.1) is 0 Å². The van der Waals surface area contributed by atoms with E-state index < -0.39 is 0 Å². The molecule has 0 amide bonds. The van der Waals surface area contributed by atoms with Crippen LogP contribution in [0.5, 0.6) is 5.75 Å². The Morgan fingerprint density at radius 1 is 1.38 bits per heavy atom. The van der Waals surface area contributed by atoms with Gasteiger partial charge in [0.1, 0.15) is 5.75 Å². The monoisotopic (exact) mass is 178 g/mol. The number of nitrogens with zero attached hydrogens (tertiary/aromatic N) is 1. The van der Waals surface area contributed by atoms with E-state index in [4.69, 9.17) is 4.74 Å². The fraction of sp³-hybridized carbons (Fsp3) is 0.400. The van der Waals surface area contributed by atoms with Crippen LogP contribution in [0.25, 0.3) is 0 Å². The van der Waals surface area contributed by atoms with Crippen LogP contribution in [0.2, 0.25) is 0 Å². The molecule has 1 radical (unpaired) electrons. The number of ether oxygens (including phenoxy) is 1. The minimum Gasteiger partial charge on any atom is -0.508 e. The summed E-state index contributed by atoms with van der Waals surface area (Å²) in [5.74, 6) is 0.292. The predicted octanol–water partition coefficient (Wildman–Crippen LogP) is 1.03. The van der Waals surface area contributed by atoms with Crippen molar-refractivity contribution in [2.24, 2.45) is 0 Å². The standard InChI is InChI=1S/C10H12NO2/c12-10-3-1-2-9(8-10)11-4-6-13-7-5-11/h1,3,8,12H,4-7H2. The van der Waals surface area contributed by atoms with Gasteiger partial charge in [-0.2, -0.15) is 0 Å². The molecule has 0 aliphatic carbocycles. The summed E-state index contributed by atoms with van der Waals surface area (Å²) >= 11 is 0. The molecule has 0 bridgehead atoms. The molecule has 3 heteroatoms. The lowest BCUT2D eigenvalue weighted by atomic mass is 10.2. The maximum absolute atomic E-state index is 9.27. The Bertz CT molecular complexity index is 282. The van der Waals surface area contributed by atoms with E-state index in [1.54, 1.807) is 18.2 Å². The smallest absolute Gasteiger partial charge is 0.117 e. The van der Waals surface area contributed by atoms with Crippen LogP contribution in [0, 0.1) is 6.07 Å². The SMILES string of the molecule is Oc1cc[c]c(N2CCOCC2)c1. The molecule has 1 N–H and O–H groups in total. The van der Waals surface area contributed by atoms with E-state index in [9.17, 15) is 5.11 Å². The van der Waals surface area contributed by atoms with E-state index in [1.165, 1.54) is 0 Å². The van der Waals surface area contributed by atoms with E-state index in [2.05, 4.69) is 11.0 Å². The van der Waals surface area contributed by atoms with Gasteiger partial charge < -0.3 is 14.7 Å². The zero-order valence-corrected chi connectivity index (χ0v) is 7.36. The number of rotatable bonds is 1. The number of aromatic hydroxyl groups is 1. The Labute approximate surface area is 77.6 Å². The lowest BCUT2D eigenvalue weighted by Crippen LogP contribution is -2.36. The highest BCUT2D eigenvalue weighted by Crippen LogP contribution is 2.19. The van der Waals surface area contributed by atoms with Gasteiger partial charge in [-0.3, -0.25) is 0 Å². The number of phenolic OH excluding ortho intramolecular Hbond substituents is 1. The molecule has 2 rings (SSSR count). The van der Waals surface area contributed by atoms with Gasteiger partial charge in [0.2, 0.25) is 0 Å². The molecular formula is C10H12NO2. The summed E-state index contributed by atoms with van der Waals surface area (Å²) in [6, 6.07) is 8.18. The Morgan fingerprint density at radius 3 is 2.85 bits per heavy atom. The summed E-state index contributed by atoms with van der Waals surface area (Å²) in [6.45, 7) is 3.26. The molecular weight excluding hydrogens is 166 g/mol. The normalized spacial score (nSPS) is 17.4. The lowest BCUT2D eigenvalue weighted by Gasteiger charge is -2.28. The highest BCUT2D eigenvalue weighted by molar-refractivity contribution is 5.49. The van der Waals surface area contributed by atoms with Crippen LogP contribution in [0.1, 0.15) is 0 Å². The van der Waals surface area contributed by atoms with Crippen LogP contribution in [-0.2, 0) is 4.74 Å². The van der Waals surface area contributed by atoms with Crippen molar-refractivity contribution in [1.82, 2.24) is 0 Å². The van der Waals surface area contributed by atoms with Gasteiger partial charge in [-0.05, 0) is 12.1 Å². The van der Waals surface area contributed by atoms with Crippen molar-refractivity contribution in [1.29, 1.82) is 0 Å². The van der Waals surface area contributed by atoms with Gasteiger partial charge in [0.05, 0.1) is 13.2 Å². The zero-order valence-electron chi connectivity index (χ0n) is 7.36. The first kappa shape index (κ1) is 8.38. The van der Waals surface area contributed by atoms with Gasteiger partial charge in [0.15, 0.2) is 0 Å². The number of benzene rings is 1. The van der Waals surface area contributed by atoms with Crippen molar-refractivity contribution in [3.63, 3.8) is 0 Å². The third-order valence-electron chi connectivity index (χ3n) is 2.12. The summed E-state index contributed by atoms with van der Waals surface area (Å²) in [7, 11) is 0. The van der Waals surface area contributed by atoms with Crippen molar-refractivity contribution in [3.8, 4) is 5.75 Å². The Morgan fingerprint density at radius 2 is 2.15 bits per heavy atom. The van der Waals surface area contributed by atoms with Gasteiger partial charge in [-0.1, -0.05) is 0 Å². The van der Waals surface area contributed by atoms with Crippen LogP contribution < -0.4 is 4.90 Å². The molecule has 69 valence electrons. The van der Waals surface area contributed by atoms with E-state index in [0.29, 0.717) is 5.75 Å². The predicted molar refractivity (Wildman–Crippen MR) is 50.0 cm³/mol. The van der Waals surface area contributed by atoms with Gasteiger partial charge >= 0.3 is 0 Å². The van der Waals surface area contributed by atoms with Crippen LogP contribution in [-0.4, -0.2) is 31.4 Å². The summed E-state index contributed by atoms with van der Waals surface area (Å²) in [4.78, 5) is 2.16. The van der Waals surface area contributed by atoms with Crippen LogP contribution >= 0.6 is 0 Å². The third-order valence-corrected chi connectivity index (χ3v) is 2.12. The van der Waals surface area contributed by atoms with E-state index in [0.717, 1.165) is 32.0 Å². The van der Waals surface area contributed by atoms with Crippen molar-refractivity contribution >= 4 is 5.69 Å². The minimum atomic E-state index is 0.292. The average molecular weight is 178 g/mol. The molecule has 1 fully saturated rings. The molecule has 0 saturated carbocycles. The number of phenols is 1. The van der Waals surface area contributed by atoms with Crippen molar-refractivity contribution in [3.05, 3.63) is 24.3 Å². The second-order valence-corrected chi connectivity index (χ2v) is 3.03. The molecule has 13 heavy (non-hydrogen) atoms. The molecule has 1 aliphatic heterocycles. The number of morpholine rings is 1. The van der Waals surface area contributed by atoms with E-state index >= 15 is 0 Å². The molecule has 1 saturated heterocycles. The maximum Gasteiger partial charge on any atom is 0.117 e.